The Balaban J connectivity index is 1.59. The summed E-state index contributed by atoms with van der Waals surface area (Å²) in [7, 11) is 1.51. The predicted octanol–water partition coefficient (Wildman–Crippen LogP) is 4.30. The van der Waals surface area contributed by atoms with Gasteiger partial charge in [-0.25, -0.2) is 9.69 Å². The highest BCUT2D eigenvalue weighted by molar-refractivity contribution is 6.35. The zero-order valence-corrected chi connectivity index (χ0v) is 22.4. The van der Waals surface area contributed by atoms with Gasteiger partial charge in [-0.3, -0.25) is 14.4 Å². The lowest BCUT2D eigenvalue weighted by atomic mass is 9.80. The fourth-order valence-corrected chi connectivity index (χ4v) is 6.48. The number of rotatable bonds is 4. The van der Waals surface area contributed by atoms with Crippen molar-refractivity contribution >= 4 is 52.7 Å². The molecular formula is C28H24Cl2N4O5. The van der Waals surface area contributed by atoms with Gasteiger partial charge in [0.05, 0.1) is 35.7 Å². The molecule has 39 heavy (non-hydrogen) atoms. The van der Waals surface area contributed by atoms with E-state index in [-0.39, 0.29) is 47.6 Å². The first-order chi connectivity index (χ1) is 18.6. The fraction of sp³-hybridized carbons (Fsp3) is 0.321. The second kappa shape index (κ2) is 10.0. The molecule has 1 spiro atoms. The number of hydrogen-bond acceptors (Lipinski definition) is 5. The number of carbonyl (C=O) groups is 4. The van der Waals surface area contributed by atoms with E-state index < -0.39 is 41.2 Å². The minimum absolute atomic E-state index is 0.0881. The van der Waals surface area contributed by atoms with Crippen LogP contribution in [-0.4, -0.2) is 64.4 Å². The van der Waals surface area contributed by atoms with Crippen molar-refractivity contribution in [2.75, 3.05) is 25.0 Å². The Labute approximate surface area is 234 Å². The van der Waals surface area contributed by atoms with E-state index in [4.69, 9.17) is 23.2 Å². The summed E-state index contributed by atoms with van der Waals surface area (Å²) in [5.41, 5.74) is -0.173. The third kappa shape index (κ3) is 4.34. The van der Waals surface area contributed by atoms with E-state index in [0.29, 0.717) is 11.1 Å². The van der Waals surface area contributed by atoms with E-state index in [2.05, 4.69) is 6.07 Å². The first-order valence-electron chi connectivity index (χ1n) is 12.3. The van der Waals surface area contributed by atoms with Crippen molar-refractivity contribution in [3.8, 4) is 6.07 Å². The summed E-state index contributed by atoms with van der Waals surface area (Å²) in [6.45, 7) is -0.0281. The molecule has 2 aromatic rings. The van der Waals surface area contributed by atoms with Crippen LogP contribution >= 0.6 is 23.2 Å². The fourth-order valence-electron chi connectivity index (χ4n) is 5.97. The van der Waals surface area contributed by atoms with Crippen molar-refractivity contribution in [2.24, 2.45) is 11.8 Å². The average molecular weight is 567 g/mol. The minimum Gasteiger partial charge on any atom is -0.481 e. The van der Waals surface area contributed by atoms with E-state index in [1.54, 1.807) is 36.4 Å². The number of likely N-dealkylation sites (tertiary alicyclic amines) is 1. The number of carboxylic acids is 1. The second-order valence-electron chi connectivity index (χ2n) is 10.0. The van der Waals surface area contributed by atoms with Crippen molar-refractivity contribution in [2.45, 2.75) is 24.3 Å². The van der Waals surface area contributed by atoms with Gasteiger partial charge in [-0.15, -0.1) is 0 Å². The van der Waals surface area contributed by atoms with E-state index in [0.717, 1.165) is 4.90 Å². The molecule has 0 aromatic heterocycles. The first-order valence-corrected chi connectivity index (χ1v) is 13.1. The molecule has 2 aliphatic heterocycles. The van der Waals surface area contributed by atoms with Gasteiger partial charge in [-0.1, -0.05) is 47.5 Å². The predicted molar refractivity (Wildman–Crippen MR) is 143 cm³/mol. The Morgan fingerprint density at radius 1 is 1.03 bits per heavy atom. The molecular weight excluding hydrogens is 543 g/mol. The van der Waals surface area contributed by atoms with Crippen LogP contribution in [0.2, 0.25) is 10.0 Å². The summed E-state index contributed by atoms with van der Waals surface area (Å²) in [5, 5.41) is 19.5. The largest absolute Gasteiger partial charge is 0.481 e. The Morgan fingerprint density at radius 3 is 2.23 bits per heavy atom. The van der Waals surface area contributed by atoms with Crippen LogP contribution in [0, 0.1) is 23.2 Å². The molecule has 9 nitrogen and oxygen atoms in total. The van der Waals surface area contributed by atoms with Crippen molar-refractivity contribution < 1.29 is 24.3 Å². The van der Waals surface area contributed by atoms with Crippen LogP contribution < -0.4 is 4.90 Å². The number of likely N-dealkylation sites (N-methyl/N-ethyl adjacent to an activating group) is 1. The van der Waals surface area contributed by atoms with Gasteiger partial charge in [-0.2, -0.15) is 5.26 Å². The molecule has 2 saturated heterocycles. The molecule has 0 radical (unpaired) electrons. The molecule has 1 aliphatic carbocycles. The second-order valence-corrected chi connectivity index (χ2v) is 10.9. The van der Waals surface area contributed by atoms with E-state index in [1.165, 1.54) is 35.0 Å². The molecule has 0 bridgehead atoms. The lowest BCUT2D eigenvalue weighted by molar-refractivity contribution is -0.150. The molecule has 0 saturated carbocycles. The summed E-state index contributed by atoms with van der Waals surface area (Å²) in [6.07, 6.45) is 4.07. The van der Waals surface area contributed by atoms with Crippen LogP contribution in [0.15, 0.2) is 54.6 Å². The number of carbonyl (C=O) groups excluding carboxylic acids is 3. The maximum absolute atomic E-state index is 14.3. The van der Waals surface area contributed by atoms with Crippen LogP contribution in [0.25, 0.3) is 0 Å². The monoisotopic (exact) mass is 566 g/mol. The molecule has 5 rings (SSSR count). The van der Waals surface area contributed by atoms with E-state index in [1.807, 2.05) is 0 Å². The van der Waals surface area contributed by atoms with Crippen LogP contribution in [0.4, 0.5) is 10.5 Å². The number of nitrogens with zero attached hydrogens (tertiary/aromatic N) is 4. The number of benzene rings is 2. The normalized spacial score (nSPS) is 26.4. The van der Waals surface area contributed by atoms with Crippen LogP contribution in [-0.2, 0) is 14.4 Å². The standard InChI is InChI=1S/C28H24Cl2N4O5/c1-32-27(39)34(20-11-18(29)10-19(30)12-20)26(38)28(32)15-33(14-23(28)17-8-6-16(13-31)7-9-17)24(35)21-4-2-3-5-22(21)25(36)37/h2-3,6-12,21-23H,4-5,14-15H2,1H3,(H,36,37). The number of anilines is 1. The summed E-state index contributed by atoms with van der Waals surface area (Å²) < 4.78 is 0. The number of urea groups is 1. The number of aliphatic carboxylic acids is 1. The maximum Gasteiger partial charge on any atom is 0.332 e. The molecule has 11 heteroatoms. The van der Waals surface area contributed by atoms with Gasteiger partial charge in [0.25, 0.3) is 5.91 Å². The number of halogens is 2. The average Bonchev–Trinajstić information content (AvgIpc) is 3.40. The zero-order chi connectivity index (χ0) is 28.1. The summed E-state index contributed by atoms with van der Waals surface area (Å²) in [4.78, 5) is 57.5. The SMILES string of the molecule is CN1C(=O)N(c2cc(Cl)cc(Cl)c2)C(=O)C12CN(C(=O)C1CC=CCC1C(=O)O)CC2c1ccc(C#N)cc1. The molecule has 200 valence electrons. The van der Waals surface area contributed by atoms with Crippen LogP contribution in [0.5, 0.6) is 0 Å². The van der Waals surface area contributed by atoms with Gasteiger partial charge in [0.2, 0.25) is 5.91 Å². The summed E-state index contributed by atoms with van der Waals surface area (Å²) in [6, 6.07) is 12.6. The highest BCUT2D eigenvalue weighted by atomic mass is 35.5. The molecule has 4 unspecified atom stereocenters. The van der Waals surface area contributed by atoms with Crippen molar-refractivity contribution in [1.82, 2.24) is 9.80 Å². The molecule has 2 fully saturated rings. The topological polar surface area (TPSA) is 122 Å². The third-order valence-corrected chi connectivity index (χ3v) is 8.42. The molecule has 2 heterocycles. The molecule has 1 N–H and O–H groups in total. The van der Waals surface area contributed by atoms with Gasteiger partial charge in [0.1, 0.15) is 5.54 Å². The number of imide groups is 1. The van der Waals surface area contributed by atoms with Crippen molar-refractivity contribution in [1.29, 1.82) is 5.26 Å². The van der Waals surface area contributed by atoms with Gasteiger partial charge < -0.3 is 14.9 Å². The van der Waals surface area contributed by atoms with E-state index >= 15 is 0 Å². The summed E-state index contributed by atoms with van der Waals surface area (Å²) in [5.74, 6) is -4.28. The first kappa shape index (κ1) is 26.7. The highest BCUT2D eigenvalue weighted by Gasteiger charge is 2.65. The van der Waals surface area contributed by atoms with Crippen molar-refractivity contribution in [3.05, 3.63) is 75.8 Å². The zero-order valence-electron chi connectivity index (χ0n) is 20.9. The molecule has 4 amide bonds. The number of nitriles is 1. The van der Waals surface area contributed by atoms with Gasteiger partial charge >= 0.3 is 12.0 Å². The molecule has 4 atom stereocenters. The Hall–Kier alpha value is -3.87. The highest BCUT2D eigenvalue weighted by Crippen LogP contribution is 2.47. The van der Waals surface area contributed by atoms with E-state index in [9.17, 15) is 29.5 Å². The van der Waals surface area contributed by atoms with Crippen molar-refractivity contribution in [3.63, 3.8) is 0 Å². The number of allylic oxidation sites excluding steroid dienone is 2. The number of hydrogen-bond donors (Lipinski definition) is 1. The minimum atomic E-state index is -1.47. The summed E-state index contributed by atoms with van der Waals surface area (Å²) >= 11 is 12.3. The van der Waals surface area contributed by atoms with Gasteiger partial charge in [0, 0.05) is 29.6 Å². The van der Waals surface area contributed by atoms with Crippen LogP contribution in [0.3, 0.4) is 0 Å². The third-order valence-electron chi connectivity index (χ3n) is 7.99. The lowest BCUT2D eigenvalue weighted by Gasteiger charge is -2.34. The molecule has 3 aliphatic rings. The quantitative estimate of drug-likeness (QED) is 0.435. The maximum atomic E-state index is 14.3. The van der Waals surface area contributed by atoms with Gasteiger partial charge in [0.15, 0.2) is 0 Å². The number of amides is 4. The molecule has 2 aromatic carbocycles. The Morgan fingerprint density at radius 2 is 1.64 bits per heavy atom. The Bertz CT molecular complexity index is 1430. The van der Waals surface area contributed by atoms with Gasteiger partial charge in [-0.05, 0) is 48.7 Å². The number of carboxylic acid groups (broad SMARTS) is 1. The van der Waals surface area contributed by atoms with Crippen LogP contribution in [0.1, 0.15) is 29.9 Å². The lowest BCUT2D eigenvalue weighted by Crippen LogP contribution is -2.54. The smallest absolute Gasteiger partial charge is 0.332 e. The Kier molecular flexibility index (Phi) is 6.87.